The van der Waals surface area contributed by atoms with Gasteiger partial charge in [0, 0.05) is 32.4 Å². The highest BCUT2D eigenvalue weighted by Gasteiger charge is 2.10. The summed E-state index contributed by atoms with van der Waals surface area (Å²) in [4.78, 5) is 12.3. The molecular weight excluding hydrogens is 457 g/mol. The maximum atomic E-state index is 12.3. The number of amides is 1. The fraction of sp³-hybridized carbons (Fsp3) is 0.125. The van der Waals surface area contributed by atoms with Crippen molar-refractivity contribution in [2.75, 3.05) is 12.4 Å². The molecule has 0 spiro atoms. The van der Waals surface area contributed by atoms with E-state index in [4.69, 9.17) is 44.3 Å². The molecule has 0 heterocycles. The molecule has 0 atom stereocenters. The molecule has 4 nitrogen and oxygen atoms in total. The number of halogens is 3. The highest BCUT2D eigenvalue weighted by Crippen LogP contribution is 2.31. The standard InChI is InChI=1S/C24H20Cl3NO3/c1-15-12-17(25)8-9-21(15)28-24(29)11-7-16-6-10-22(23(13-16)30-2)31-14-18-19(26)4-3-5-20(18)27/h3-13H,14H2,1-2H3,(H,28,29)/b11-7+. The van der Waals surface area contributed by atoms with Crippen LogP contribution in [0.5, 0.6) is 11.5 Å². The Morgan fingerprint density at radius 3 is 2.42 bits per heavy atom. The second kappa shape index (κ2) is 10.6. The number of carbonyl (C=O) groups is 1. The summed E-state index contributed by atoms with van der Waals surface area (Å²) in [7, 11) is 1.55. The van der Waals surface area contributed by atoms with Crippen LogP contribution >= 0.6 is 34.8 Å². The van der Waals surface area contributed by atoms with Crippen molar-refractivity contribution in [3.8, 4) is 11.5 Å². The van der Waals surface area contributed by atoms with E-state index in [2.05, 4.69) is 5.32 Å². The van der Waals surface area contributed by atoms with Crippen molar-refractivity contribution in [3.05, 3.63) is 92.4 Å². The molecule has 7 heteroatoms. The van der Waals surface area contributed by atoms with Gasteiger partial charge in [0.2, 0.25) is 5.91 Å². The van der Waals surface area contributed by atoms with Gasteiger partial charge in [-0.1, -0.05) is 46.9 Å². The Balaban J connectivity index is 1.68. The molecule has 31 heavy (non-hydrogen) atoms. The molecule has 0 aliphatic heterocycles. The maximum absolute atomic E-state index is 12.3. The molecule has 0 fully saturated rings. The lowest BCUT2D eigenvalue weighted by Gasteiger charge is -2.13. The van der Waals surface area contributed by atoms with Crippen LogP contribution in [0.1, 0.15) is 16.7 Å². The van der Waals surface area contributed by atoms with Crippen LogP contribution in [0.15, 0.2) is 60.7 Å². The zero-order valence-corrected chi connectivity index (χ0v) is 19.2. The van der Waals surface area contributed by atoms with E-state index >= 15 is 0 Å². The second-order valence-electron chi connectivity index (χ2n) is 6.68. The predicted octanol–water partition coefficient (Wildman–Crippen LogP) is 7.19. The van der Waals surface area contributed by atoms with Crippen molar-refractivity contribution in [1.82, 2.24) is 0 Å². The summed E-state index contributed by atoms with van der Waals surface area (Å²) in [5.74, 6) is 0.814. The fourth-order valence-electron chi connectivity index (χ4n) is 2.84. The minimum absolute atomic E-state index is 0.201. The molecule has 3 aromatic carbocycles. The highest BCUT2D eigenvalue weighted by atomic mass is 35.5. The van der Waals surface area contributed by atoms with Crippen LogP contribution in [0.25, 0.3) is 6.08 Å². The molecule has 0 aliphatic carbocycles. The summed E-state index contributed by atoms with van der Waals surface area (Å²) in [5, 5.41) is 4.52. The minimum Gasteiger partial charge on any atom is -0.493 e. The molecule has 0 aromatic heterocycles. The van der Waals surface area contributed by atoms with Gasteiger partial charge < -0.3 is 14.8 Å². The lowest BCUT2D eigenvalue weighted by Crippen LogP contribution is -2.08. The molecule has 1 N–H and O–H groups in total. The van der Waals surface area contributed by atoms with Gasteiger partial charge in [-0.2, -0.15) is 0 Å². The van der Waals surface area contributed by atoms with Gasteiger partial charge >= 0.3 is 0 Å². The van der Waals surface area contributed by atoms with E-state index in [9.17, 15) is 4.79 Å². The Morgan fingerprint density at radius 1 is 1.00 bits per heavy atom. The molecule has 3 aromatic rings. The Hall–Kier alpha value is -2.66. The lowest BCUT2D eigenvalue weighted by atomic mass is 10.1. The molecule has 0 aliphatic rings. The first-order valence-corrected chi connectivity index (χ1v) is 10.5. The van der Waals surface area contributed by atoms with Crippen molar-refractivity contribution in [1.29, 1.82) is 0 Å². The second-order valence-corrected chi connectivity index (χ2v) is 7.93. The summed E-state index contributed by atoms with van der Waals surface area (Å²) >= 11 is 18.3. The first-order chi connectivity index (χ1) is 14.9. The van der Waals surface area contributed by atoms with Gasteiger partial charge in [-0.3, -0.25) is 4.79 Å². The van der Waals surface area contributed by atoms with Crippen molar-refractivity contribution in [2.45, 2.75) is 13.5 Å². The van der Waals surface area contributed by atoms with Gasteiger partial charge in [0.15, 0.2) is 11.5 Å². The summed E-state index contributed by atoms with van der Waals surface area (Å²) in [6.07, 6.45) is 3.14. The minimum atomic E-state index is -0.252. The summed E-state index contributed by atoms with van der Waals surface area (Å²) < 4.78 is 11.3. The lowest BCUT2D eigenvalue weighted by molar-refractivity contribution is -0.111. The smallest absolute Gasteiger partial charge is 0.248 e. The zero-order chi connectivity index (χ0) is 22.4. The monoisotopic (exact) mass is 475 g/mol. The number of carbonyl (C=O) groups excluding carboxylic acids is 1. The first-order valence-electron chi connectivity index (χ1n) is 9.36. The SMILES string of the molecule is COc1cc(/C=C/C(=O)Nc2ccc(Cl)cc2C)ccc1OCc1c(Cl)cccc1Cl. The number of anilines is 1. The average molecular weight is 477 g/mol. The number of hydrogen-bond acceptors (Lipinski definition) is 3. The third kappa shape index (κ3) is 6.17. The zero-order valence-electron chi connectivity index (χ0n) is 16.9. The number of methoxy groups -OCH3 is 1. The largest absolute Gasteiger partial charge is 0.493 e. The van der Waals surface area contributed by atoms with E-state index in [0.717, 1.165) is 11.1 Å². The number of hydrogen-bond donors (Lipinski definition) is 1. The molecule has 160 valence electrons. The van der Waals surface area contributed by atoms with Crippen molar-refractivity contribution < 1.29 is 14.3 Å². The Bertz CT molecular complexity index is 1110. The molecule has 1 amide bonds. The van der Waals surface area contributed by atoms with E-state index in [1.807, 2.05) is 13.0 Å². The quantitative estimate of drug-likeness (QED) is 0.367. The molecular formula is C24H20Cl3NO3. The molecule has 0 saturated carbocycles. The van der Waals surface area contributed by atoms with E-state index in [-0.39, 0.29) is 12.5 Å². The van der Waals surface area contributed by atoms with Gasteiger partial charge in [-0.05, 0) is 66.6 Å². The van der Waals surface area contributed by atoms with Gasteiger partial charge in [-0.25, -0.2) is 0 Å². The third-order valence-electron chi connectivity index (χ3n) is 4.49. The Morgan fingerprint density at radius 2 is 1.74 bits per heavy atom. The van der Waals surface area contributed by atoms with Crippen LogP contribution in [-0.2, 0) is 11.4 Å². The fourth-order valence-corrected chi connectivity index (χ4v) is 3.57. The van der Waals surface area contributed by atoms with Gasteiger partial charge in [-0.15, -0.1) is 0 Å². The van der Waals surface area contributed by atoms with Crippen molar-refractivity contribution in [2.24, 2.45) is 0 Å². The van der Waals surface area contributed by atoms with Gasteiger partial charge in [0.25, 0.3) is 0 Å². The van der Waals surface area contributed by atoms with Gasteiger partial charge in [0.05, 0.1) is 7.11 Å². The van der Waals surface area contributed by atoms with E-state index in [1.54, 1.807) is 61.7 Å². The number of rotatable bonds is 7. The van der Waals surface area contributed by atoms with E-state index in [1.165, 1.54) is 6.08 Å². The molecule has 3 rings (SSSR count). The average Bonchev–Trinajstić information content (AvgIpc) is 2.74. The van der Waals surface area contributed by atoms with Crippen molar-refractivity contribution in [3.63, 3.8) is 0 Å². The molecule has 0 saturated heterocycles. The van der Waals surface area contributed by atoms with E-state index in [0.29, 0.717) is 37.8 Å². The number of aryl methyl sites for hydroxylation is 1. The predicted molar refractivity (Wildman–Crippen MR) is 128 cm³/mol. The van der Waals surface area contributed by atoms with Crippen LogP contribution in [0.3, 0.4) is 0 Å². The highest BCUT2D eigenvalue weighted by molar-refractivity contribution is 6.36. The topological polar surface area (TPSA) is 47.6 Å². The Labute approximate surface area is 196 Å². The molecule has 0 radical (unpaired) electrons. The summed E-state index contributed by atoms with van der Waals surface area (Å²) in [6, 6.07) is 16.0. The summed E-state index contributed by atoms with van der Waals surface area (Å²) in [5.41, 5.74) is 3.07. The number of nitrogens with one attached hydrogen (secondary N) is 1. The molecule has 0 bridgehead atoms. The number of ether oxygens (including phenoxy) is 2. The van der Waals surface area contributed by atoms with Crippen LogP contribution in [0, 0.1) is 6.92 Å². The molecule has 0 unspecified atom stereocenters. The van der Waals surface area contributed by atoms with Crippen LogP contribution in [-0.4, -0.2) is 13.0 Å². The van der Waals surface area contributed by atoms with Gasteiger partial charge in [0.1, 0.15) is 6.61 Å². The van der Waals surface area contributed by atoms with Crippen molar-refractivity contribution >= 4 is 52.5 Å². The number of benzene rings is 3. The van der Waals surface area contributed by atoms with E-state index < -0.39 is 0 Å². The normalized spacial score (nSPS) is 10.9. The van der Waals surface area contributed by atoms with Crippen LogP contribution in [0.2, 0.25) is 15.1 Å². The third-order valence-corrected chi connectivity index (χ3v) is 5.44. The van der Waals surface area contributed by atoms with Crippen LogP contribution < -0.4 is 14.8 Å². The maximum Gasteiger partial charge on any atom is 0.248 e. The Kier molecular flexibility index (Phi) is 7.85. The first kappa shape index (κ1) is 23.0. The summed E-state index contributed by atoms with van der Waals surface area (Å²) in [6.45, 7) is 2.08. The van der Waals surface area contributed by atoms with Crippen LogP contribution in [0.4, 0.5) is 5.69 Å².